The number of carbonyl (C=O) groups excluding carboxylic acids is 1. The number of alkyl halides is 3. The minimum atomic E-state index is -4.40. The Morgan fingerprint density at radius 1 is 0.889 bits per heavy atom. The predicted molar refractivity (Wildman–Crippen MR) is 172 cm³/mol. The summed E-state index contributed by atoms with van der Waals surface area (Å²) in [6.45, 7) is 5.26. The third kappa shape index (κ3) is 13.9. The van der Waals surface area contributed by atoms with Crippen molar-refractivity contribution in [2.45, 2.75) is 90.5 Å². The number of hydrogen-bond donors (Lipinski definition) is 0. The van der Waals surface area contributed by atoms with E-state index in [4.69, 9.17) is 9.15 Å². The maximum absolute atomic E-state index is 12.7. The van der Waals surface area contributed by atoms with E-state index in [2.05, 4.69) is 48.3 Å². The molecule has 3 rings (SSSR count). The van der Waals surface area contributed by atoms with E-state index < -0.39 is 11.7 Å². The van der Waals surface area contributed by atoms with Crippen molar-refractivity contribution in [3.63, 3.8) is 0 Å². The molecule has 1 aromatic heterocycles. The Morgan fingerprint density at radius 3 is 2.11 bits per heavy atom. The first-order valence-electron chi connectivity index (χ1n) is 16.1. The number of amides is 1. The number of rotatable bonds is 18. The molecule has 1 aromatic carbocycles. The van der Waals surface area contributed by atoms with E-state index in [9.17, 15) is 22.8 Å². The molecule has 0 bridgehead atoms. The molecule has 246 valence electrons. The van der Waals surface area contributed by atoms with Crippen LogP contribution in [0.15, 0.2) is 82.3 Å². The summed E-state index contributed by atoms with van der Waals surface area (Å²) in [6.07, 6.45) is 20.5. The van der Waals surface area contributed by atoms with Gasteiger partial charge in [0.25, 0.3) is 0 Å². The van der Waals surface area contributed by atoms with Gasteiger partial charge in [0.2, 0.25) is 17.1 Å². The third-order valence-corrected chi connectivity index (χ3v) is 7.66. The van der Waals surface area contributed by atoms with Crippen LogP contribution in [0.1, 0.15) is 88.0 Å². The van der Waals surface area contributed by atoms with Gasteiger partial charge in [-0.3, -0.25) is 14.5 Å². The van der Waals surface area contributed by atoms with Crippen molar-refractivity contribution < 1.29 is 27.1 Å². The van der Waals surface area contributed by atoms with Gasteiger partial charge in [0.1, 0.15) is 18.6 Å². The molecular formula is C36H47F3N2O4. The molecule has 0 radical (unpaired) electrons. The molecule has 0 saturated carbocycles. The number of carbonyl (C=O) groups is 1. The van der Waals surface area contributed by atoms with Gasteiger partial charge in [0.05, 0.1) is 12.1 Å². The van der Waals surface area contributed by atoms with Gasteiger partial charge in [-0.05, 0) is 62.6 Å². The number of allylic oxidation sites excluding steroid dienone is 6. The van der Waals surface area contributed by atoms with Crippen LogP contribution in [0, 0.1) is 0 Å². The van der Waals surface area contributed by atoms with E-state index in [0.29, 0.717) is 50.5 Å². The van der Waals surface area contributed by atoms with E-state index in [1.54, 1.807) is 0 Å². The van der Waals surface area contributed by atoms with Gasteiger partial charge in [-0.1, -0.05) is 68.4 Å². The van der Waals surface area contributed by atoms with Gasteiger partial charge < -0.3 is 14.1 Å². The number of unbranched alkanes of at least 4 members (excludes halogenated alkanes) is 5. The summed E-state index contributed by atoms with van der Waals surface area (Å²) in [6, 6.07) is 5.97. The van der Waals surface area contributed by atoms with Gasteiger partial charge in [-0.2, -0.15) is 13.2 Å². The van der Waals surface area contributed by atoms with Gasteiger partial charge in [0.15, 0.2) is 0 Å². The number of hydrogen-bond acceptors (Lipinski definition) is 5. The molecule has 0 spiro atoms. The van der Waals surface area contributed by atoms with Crippen molar-refractivity contribution in [1.82, 2.24) is 9.80 Å². The third-order valence-electron chi connectivity index (χ3n) is 7.66. The highest BCUT2D eigenvalue weighted by molar-refractivity contribution is 5.76. The van der Waals surface area contributed by atoms with Crippen LogP contribution in [0.2, 0.25) is 0 Å². The lowest BCUT2D eigenvalue weighted by Gasteiger charge is -2.34. The highest BCUT2D eigenvalue weighted by Gasteiger charge is 2.30. The summed E-state index contributed by atoms with van der Waals surface area (Å²) in [5.74, 6) is 0.670. The first-order valence-corrected chi connectivity index (χ1v) is 16.1. The molecule has 45 heavy (non-hydrogen) atoms. The summed E-state index contributed by atoms with van der Waals surface area (Å²) in [4.78, 5) is 29.2. The number of halogens is 3. The van der Waals surface area contributed by atoms with Crippen LogP contribution in [-0.2, 0) is 24.1 Å². The summed E-state index contributed by atoms with van der Waals surface area (Å²) < 4.78 is 49.2. The largest absolute Gasteiger partial charge is 0.482 e. The Bertz CT molecular complexity index is 1290. The second kappa shape index (κ2) is 19.7. The van der Waals surface area contributed by atoms with Gasteiger partial charge in [0, 0.05) is 38.7 Å². The van der Waals surface area contributed by atoms with Crippen LogP contribution in [0.4, 0.5) is 13.2 Å². The monoisotopic (exact) mass is 628 g/mol. The van der Waals surface area contributed by atoms with Crippen LogP contribution in [0.5, 0.6) is 5.75 Å². The summed E-state index contributed by atoms with van der Waals surface area (Å²) in [7, 11) is 0. The van der Waals surface area contributed by atoms with Crippen molar-refractivity contribution in [3.8, 4) is 5.75 Å². The Kier molecular flexibility index (Phi) is 15.7. The Hall–Kier alpha value is -3.59. The Labute approximate surface area is 265 Å². The SMILES string of the molecule is CCCCCC=CCC=CCC=CCCCCC(=O)N1CCN(Cc2cc(=O)c(OCc3ccc(C(F)(F)F)cc3)co2)CC1. The average Bonchev–Trinajstić information content (AvgIpc) is 3.02. The van der Waals surface area contributed by atoms with Crippen LogP contribution in [0.3, 0.4) is 0 Å². The second-order valence-electron chi connectivity index (χ2n) is 11.3. The zero-order chi connectivity index (χ0) is 32.3. The van der Waals surface area contributed by atoms with Crippen LogP contribution in [0.25, 0.3) is 0 Å². The molecule has 1 aliphatic heterocycles. The van der Waals surface area contributed by atoms with E-state index in [-0.39, 0.29) is 23.7 Å². The molecule has 0 aliphatic carbocycles. The fourth-order valence-electron chi connectivity index (χ4n) is 4.94. The summed E-state index contributed by atoms with van der Waals surface area (Å²) in [5.41, 5.74) is -0.592. The number of ether oxygens (including phenoxy) is 1. The highest BCUT2D eigenvalue weighted by Crippen LogP contribution is 2.29. The van der Waals surface area contributed by atoms with E-state index >= 15 is 0 Å². The van der Waals surface area contributed by atoms with E-state index in [1.807, 2.05) is 4.90 Å². The quantitative estimate of drug-likeness (QED) is 0.122. The molecular weight excluding hydrogens is 581 g/mol. The van der Waals surface area contributed by atoms with Crippen molar-refractivity contribution >= 4 is 5.91 Å². The molecule has 2 aromatic rings. The van der Waals surface area contributed by atoms with Crippen LogP contribution < -0.4 is 10.2 Å². The zero-order valence-electron chi connectivity index (χ0n) is 26.4. The first-order chi connectivity index (χ1) is 21.8. The summed E-state index contributed by atoms with van der Waals surface area (Å²) >= 11 is 0. The molecule has 0 N–H and O–H groups in total. The van der Waals surface area contributed by atoms with Crippen LogP contribution in [-0.4, -0.2) is 41.9 Å². The molecule has 0 unspecified atom stereocenters. The lowest BCUT2D eigenvalue weighted by molar-refractivity contribution is -0.137. The van der Waals surface area contributed by atoms with Crippen molar-refractivity contribution in [2.24, 2.45) is 0 Å². The first kappa shape index (κ1) is 35.9. The van der Waals surface area contributed by atoms with Crippen molar-refractivity contribution in [1.29, 1.82) is 0 Å². The molecule has 0 atom stereocenters. The maximum atomic E-state index is 12.7. The number of benzene rings is 1. The fourth-order valence-corrected chi connectivity index (χ4v) is 4.94. The van der Waals surface area contributed by atoms with Gasteiger partial charge >= 0.3 is 6.18 Å². The van der Waals surface area contributed by atoms with E-state index in [0.717, 1.165) is 44.2 Å². The lowest BCUT2D eigenvalue weighted by Crippen LogP contribution is -2.48. The van der Waals surface area contributed by atoms with E-state index in [1.165, 1.54) is 50.1 Å². The molecule has 1 fully saturated rings. The topological polar surface area (TPSA) is 63.0 Å². The molecule has 6 nitrogen and oxygen atoms in total. The minimum absolute atomic E-state index is 0.00199. The number of nitrogens with zero attached hydrogens (tertiary/aromatic N) is 2. The fraction of sp³-hybridized carbons (Fsp3) is 0.500. The predicted octanol–water partition coefficient (Wildman–Crippen LogP) is 8.47. The normalized spacial score (nSPS) is 14.7. The zero-order valence-corrected chi connectivity index (χ0v) is 26.4. The molecule has 1 amide bonds. The highest BCUT2D eigenvalue weighted by atomic mass is 19.4. The number of piperazine rings is 1. The summed E-state index contributed by atoms with van der Waals surface area (Å²) in [5, 5.41) is 0. The standard InChI is InChI=1S/C36H47F3N2O4/c1-2-3-4-5-6-7-8-9-10-11-12-13-14-15-16-17-35(43)41-24-22-40(23-25-41)27-32-26-33(42)34(29-44-32)45-28-30-18-20-31(21-19-30)36(37,38)39/h6-7,9-10,12-13,18-21,26,29H,2-5,8,11,14-17,22-25,27-28H2,1H3. The average molecular weight is 629 g/mol. The van der Waals surface area contributed by atoms with Gasteiger partial charge in [-0.25, -0.2) is 0 Å². The molecule has 1 saturated heterocycles. The smallest absolute Gasteiger partial charge is 0.416 e. The Balaban J connectivity index is 1.26. The lowest BCUT2D eigenvalue weighted by atomic mass is 10.1. The molecule has 1 aliphatic rings. The minimum Gasteiger partial charge on any atom is -0.482 e. The second-order valence-corrected chi connectivity index (χ2v) is 11.3. The van der Waals surface area contributed by atoms with Crippen molar-refractivity contribution in [2.75, 3.05) is 26.2 Å². The van der Waals surface area contributed by atoms with Crippen LogP contribution >= 0.6 is 0 Å². The van der Waals surface area contributed by atoms with Crippen molar-refractivity contribution in [3.05, 3.63) is 100 Å². The van der Waals surface area contributed by atoms with Gasteiger partial charge in [-0.15, -0.1) is 0 Å². The Morgan fingerprint density at radius 2 is 1.51 bits per heavy atom. The maximum Gasteiger partial charge on any atom is 0.416 e. The molecule has 2 heterocycles. The molecule has 9 heteroatoms.